The predicted octanol–water partition coefficient (Wildman–Crippen LogP) is 2.68. The second-order valence-corrected chi connectivity index (χ2v) is 4.95. The van der Waals surface area contributed by atoms with Gasteiger partial charge in [-0.15, -0.1) is 0 Å². The predicted molar refractivity (Wildman–Crippen MR) is 83.1 cm³/mol. The van der Waals surface area contributed by atoms with Gasteiger partial charge in [0.25, 0.3) is 5.91 Å². The molecule has 2 aromatic rings. The quantitative estimate of drug-likeness (QED) is 0.861. The highest BCUT2D eigenvalue weighted by Gasteiger charge is 2.10. The zero-order chi connectivity index (χ0) is 15.9. The van der Waals surface area contributed by atoms with Crippen LogP contribution in [0.2, 0.25) is 0 Å². The smallest absolute Gasteiger partial charge is 0.270 e. The molecular formula is C16H19FN4O. The first kappa shape index (κ1) is 15.9. The van der Waals surface area contributed by atoms with Gasteiger partial charge in [0, 0.05) is 18.8 Å². The molecule has 5 nitrogen and oxygen atoms in total. The van der Waals surface area contributed by atoms with E-state index in [2.05, 4.69) is 20.6 Å². The summed E-state index contributed by atoms with van der Waals surface area (Å²) in [5.41, 5.74) is 1.86. The standard InChI is InChI=1S/C16H19FN4O/c1-3-8-18-16-20-11(2)9-14(21-16)15(22)19-10-12-4-6-13(17)7-5-12/h4-7,9H,3,8,10H2,1-2H3,(H,19,22)(H,18,20,21). The number of carbonyl (C=O) groups is 1. The summed E-state index contributed by atoms with van der Waals surface area (Å²) in [6, 6.07) is 7.63. The van der Waals surface area contributed by atoms with Gasteiger partial charge in [-0.1, -0.05) is 19.1 Å². The van der Waals surface area contributed by atoms with E-state index in [9.17, 15) is 9.18 Å². The molecule has 22 heavy (non-hydrogen) atoms. The lowest BCUT2D eigenvalue weighted by Gasteiger charge is -2.08. The number of aromatic nitrogens is 2. The highest BCUT2D eigenvalue weighted by Crippen LogP contribution is 2.06. The first-order chi connectivity index (χ1) is 10.6. The molecule has 116 valence electrons. The number of nitrogens with zero attached hydrogens (tertiary/aromatic N) is 2. The summed E-state index contributed by atoms with van der Waals surface area (Å²) in [7, 11) is 0. The summed E-state index contributed by atoms with van der Waals surface area (Å²) in [5, 5.41) is 5.83. The first-order valence-electron chi connectivity index (χ1n) is 7.20. The fourth-order valence-corrected chi connectivity index (χ4v) is 1.88. The van der Waals surface area contributed by atoms with Gasteiger partial charge in [0.15, 0.2) is 0 Å². The van der Waals surface area contributed by atoms with Crippen molar-refractivity contribution < 1.29 is 9.18 Å². The monoisotopic (exact) mass is 302 g/mol. The lowest BCUT2D eigenvalue weighted by Crippen LogP contribution is -2.24. The van der Waals surface area contributed by atoms with E-state index in [1.807, 2.05) is 13.8 Å². The number of benzene rings is 1. The zero-order valence-corrected chi connectivity index (χ0v) is 12.7. The van der Waals surface area contributed by atoms with Crippen LogP contribution in [0.3, 0.4) is 0 Å². The topological polar surface area (TPSA) is 66.9 Å². The maximum absolute atomic E-state index is 12.8. The van der Waals surface area contributed by atoms with Crippen molar-refractivity contribution >= 4 is 11.9 Å². The lowest BCUT2D eigenvalue weighted by atomic mass is 10.2. The molecule has 1 heterocycles. The second-order valence-electron chi connectivity index (χ2n) is 4.95. The molecule has 2 rings (SSSR count). The fourth-order valence-electron chi connectivity index (χ4n) is 1.88. The molecule has 0 fully saturated rings. The third-order valence-corrected chi connectivity index (χ3v) is 2.99. The number of halogens is 1. The first-order valence-corrected chi connectivity index (χ1v) is 7.20. The molecule has 0 saturated carbocycles. The maximum atomic E-state index is 12.8. The summed E-state index contributed by atoms with van der Waals surface area (Å²) in [6.45, 7) is 4.93. The molecule has 6 heteroatoms. The molecule has 1 aromatic heterocycles. The Bertz CT molecular complexity index is 643. The van der Waals surface area contributed by atoms with Crippen molar-refractivity contribution in [1.82, 2.24) is 15.3 Å². The molecule has 0 saturated heterocycles. The molecular weight excluding hydrogens is 283 g/mol. The van der Waals surface area contributed by atoms with Gasteiger partial charge in [-0.25, -0.2) is 14.4 Å². The number of hydrogen-bond donors (Lipinski definition) is 2. The molecule has 0 aliphatic heterocycles. The van der Waals surface area contributed by atoms with Crippen molar-refractivity contribution in [3.05, 3.63) is 53.1 Å². The largest absolute Gasteiger partial charge is 0.354 e. The van der Waals surface area contributed by atoms with Gasteiger partial charge in [0.2, 0.25) is 5.95 Å². The van der Waals surface area contributed by atoms with Gasteiger partial charge >= 0.3 is 0 Å². The van der Waals surface area contributed by atoms with Crippen LogP contribution in [0.5, 0.6) is 0 Å². The normalized spacial score (nSPS) is 10.3. The van der Waals surface area contributed by atoms with E-state index < -0.39 is 0 Å². The molecule has 0 aliphatic carbocycles. The number of carbonyl (C=O) groups excluding carboxylic acids is 1. The Balaban J connectivity index is 2.02. The highest BCUT2D eigenvalue weighted by molar-refractivity contribution is 5.92. The Kier molecular flexibility index (Phi) is 5.41. The Hall–Kier alpha value is -2.50. The van der Waals surface area contributed by atoms with E-state index in [1.54, 1.807) is 18.2 Å². The summed E-state index contributed by atoms with van der Waals surface area (Å²) in [5.74, 6) is -0.128. The van der Waals surface area contributed by atoms with E-state index in [-0.39, 0.29) is 11.7 Å². The third-order valence-electron chi connectivity index (χ3n) is 2.99. The van der Waals surface area contributed by atoms with E-state index >= 15 is 0 Å². The molecule has 0 radical (unpaired) electrons. The molecule has 2 N–H and O–H groups in total. The second kappa shape index (κ2) is 7.49. The van der Waals surface area contributed by atoms with Crippen LogP contribution < -0.4 is 10.6 Å². The van der Waals surface area contributed by atoms with Crippen molar-refractivity contribution in [2.45, 2.75) is 26.8 Å². The average Bonchev–Trinajstić information content (AvgIpc) is 2.51. The summed E-state index contributed by atoms with van der Waals surface area (Å²) >= 11 is 0. The Morgan fingerprint density at radius 2 is 1.95 bits per heavy atom. The number of nitrogens with one attached hydrogen (secondary N) is 2. The van der Waals surface area contributed by atoms with E-state index in [0.29, 0.717) is 18.2 Å². The van der Waals surface area contributed by atoms with E-state index in [0.717, 1.165) is 24.2 Å². The molecule has 0 spiro atoms. The van der Waals surface area contributed by atoms with Crippen molar-refractivity contribution in [2.24, 2.45) is 0 Å². The fraction of sp³-hybridized carbons (Fsp3) is 0.312. The highest BCUT2D eigenvalue weighted by atomic mass is 19.1. The van der Waals surface area contributed by atoms with Crippen LogP contribution in [-0.4, -0.2) is 22.4 Å². The van der Waals surface area contributed by atoms with Crippen LogP contribution in [0.25, 0.3) is 0 Å². The molecule has 0 atom stereocenters. The third kappa shape index (κ3) is 4.51. The van der Waals surface area contributed by atoms with Gasteiger partial charge in [0.1, 0.15) is 11.5 Å². The Morgan fingerprint density at radius 3 is 2.64 bits per heavy atom. The van der Waals surface area contributed by atoms with Crippen LogP contribution in [0.4, 0.5) is 10.3 Å². The summed E-state index contributed by atoms with van der Waals surface area (Å²) in [6.07, 6.45) is 0.948. The number of hydrogen-bond acceptors (Lipinski definition) is 4. The maximum Gasteiger partial charge on any atom is 0.270 e. The van der Waals surface area contributed by atoms with Gasteiger partial charge in [0.05, 0.1) is 0 Å². The molecule has 1 amide bonds. The van der Waals surface area contributed by atoms with Crippen molar-refractivity contribution in [2.75, 3.05) is 11.9 Å². The molecule has 0 bridgehead atoms. The van der Waals surface area contributed by atoms with Crippen LogP contribution in [0.15, 0.2) is 30.3 Å². The minimum Gasteiger partial charge on any atom is -0.354 e. The zero-order valence-electron chi connectivity index (χ0n) is 12.7. The number of anilines is 1. The summed E-state index contributed by atoms with van der Waals surface area (Å²) < 4.78 is 12.8. The van der Waals surface area contributed by atoms with Crippen LogP contribution in [-0.2, 0) is 6.54 Å². The minimum absolute atomic E-state index is 0.283. The Labute approximate surface area is 129 Å². The molecule has 0 unspecified atom stereocenters. The van der Waals surface area contributed by atoms with Gasteiger partial charge in [-0.3, -0.25) is 4.79 Å². The minimum atomic E-state index is -0.298. The van der Waals surface area contributed by atoms with Crippen molar-refractivity contribution in [3.63, 3.8) is 0 Å². The lowest BCUT2D eigenvalue weighted by molar-refractivity contribution is 0.0945. The van der Waals surface area contributed by atoms with Gasteiger partial charge < -0.3 is 10.6 Å². The number of aryl methyl sites for hydroxylation is 1. The Morgan fingerprint density at radius 1 is 1.23 bits per heavy atom. The number of rotatable bonds is 6. The molecule has 1 aromatic carbocycles. The number of amides is 1. The van der Waals surface area contributed by atoms with Crippen LogP contribution >= 0.6 is 0 Å². The van der Waals surface area contributed by atoms with Gasteiger partial charge in [-0.05, 0) is 37.1 Å². The van der Waals surface area contributed by atoms with Crippen LogP contribution in [0.1, 0.15) is 35.1 Å². The van der Waals surface area contributed by atoms with Crippen molar-refractivity contribution in [1.29, 1.82) is 0 Å². The SMILES string of the molecule is CCCNc1nc(C)cc(C(=O)NCc2ccc(F)cc2)n1. The van der Waals surface area contributed by atoms with E-state index in [1.165, 1.54) is 12.1 Å². The van der Waals surface area contributed by atoms with Gasteiger partial charge in [-0.2, -0.15) is 0 Å². The summed E-state index contributed by atoms with van der Waals surface area (Å²) in [4.78, 5) is 20.6. The van der Waals surface area contributed by atoms with E-state index in [4.69, 9.17) is 0 Å². The van der Waals surface area contributed by atoms with Crippen molar-refractivity contribution in [3.8, 4) is 0 Å². The average molecular weight is 302 g/mol. The van der Waals surface area contributed by atoms with Crippen LogP contribution in [0, 0.1) is 12.7 Å². The molecule has 0 aliphatic rings.